The molecule has 7 heteroatoms. The fourth-order valence-electron chi connectivity index (χ4n) is 2.19. The van der Waals surface area contributed by atoms with E-state index in [9.17, 15) is 14.0 Å². The van der Waals surface area contributed by atoms with Crippen molar-refractivity contribution in [2.45, 2.75) is 6.54 Å². The van der Waals surface area contributed by atoms with Crippen LogP contribution in [0.1, 0.15) is 15.9 Å². The Labute approximate surface area is 129 Å². The van der Waals surface area contributed by atoms with Gasteiger partial charge >= 0.3 is 0 Å². The van der Waals surface area contributed by atoms with Gasteiger partial charge in [0, 0.05) is 5.56 Å². The summed E-state index contributed by atoms with van der Waals surface area (Å²) in [5.41, 5.74) is 0.495. The number of benzene rings is 1. The van der Waals surface area contributed by atoms with E-state index in [-0.39, 0.29) is 28.1 Å². The maximum absolute atomic E-state index is 13.9. The highest BCUT2D eigenvalue weighted by atomic mass is 35.5. The molecule has 2 aromatic rings. The van der Waals surface area contributed by atoms with E-state index in [2.05, 4.69) is 4.98 Å². The van der Waals surface area contributed by atoms with Gasteiger partial charge < -0.3 is 0 Å². The summed E-state index contributed by atoms with van der Waals surface area (Å²) in [7, 11) is 0. The van der Waals surface area contributed by atoms with Gasteiger partial charge in [-0.15, -0.1) is 0 Å². The molecule has 0 spiro atoms. The topological polar surface area (TPSA) is 50.3 Å². The zero-order valence-electron chi connectivity index (χ0n) is 10.4. The van der Waals surface area contributed by atoms with E-state index in [1.165, 1.54) is 24.3 Å². The maximum atomic E-state index is 13.9. The average molecular weight is 325 g/mol. The van der Waals surface area contributed by atoms with Crippen molar-refractivity contribution < 1.29 is 14.0 Å². The van der Waals surface area contributed by atoms with Crippen LogP contribution in [0, 0.1) is 5.82 Å². The summed E-state index contributed by atoms with van der Waals surface area (Å²) in [6.45, 7) is -0.0541. The Balaban J connectivity index is 2.04. The van der Waals surface area contributed by atoms with Gasteiger partial charge in [0.05, 0.1) is 17.8 Å². The molecule has 0 saturated heterocycles. The van der Waals surface area contributed by atoms with Crippen molar-refractivity contribution >= 4 is 40.6 Å². The van der Waals surface area contributed by atoms with Crippen LogP contribution >= 0.6 is 23.2 Å². The summed E-state index contributed by atoms with van der Waals surface area (Å²) in [4.78, 5) is 28.8. The zero-order valence-corrected chi connectivity index (χ0v) is 12.0. The van der Waals surface area contributed by atoms with E-state index in [4.69, 9.17) is 23.2 Å². The first-order valence-electron chi connectivity index (χ1n) is 5.94. The quantitative estimate of drug-likeness (QED) is 0.629. The normalized spacial score (nSPS) is 13.8. The molecular weight excluding hydrogens is 318 g/mol. The number of rotatable bonds is 2. The number of anilines is 1. The molecule has 106 valence electrons. The molecule has 1 aromatic heterocycles. The number of carbonyl (C=O) groups excluding carboxylic acids is 2. The third-order valence-electron chi connectivity index (χ3n) is 3.16. The van der Waals surface area contributed by atoms with Gasteiger partial charge in [-0.25, -0.2) is 9.37 Å². The third-order valence-corrected chi connectivity index (χ3v) is 3.70. The van der Waals surface area contributed by atoms with Crippen LogP contribution in [0.15, 0.2) is 30.3 Å². The molecule has 1 aliphatic rings. The van der Waals surface area contributed by atoms with Crippen LogP contribution in [-0.2, 0) is 11.3 Å². The standard InChI is InChI=1S/C14H7Cl2FN2O2/c15-10-5-4-7(13(16)18-10)6-19-11-8(12(20)14(19)21)2-1-3-9(11)17/h1-5H,6H2. The van der Waals surface area contributed by atoms with Crippen molar-refractivity contribution in [3.63, 3.8) is 0 Å². The molecule has 0 atom stereocenters. The number of ketones is 1. The molecule has 0 unspecified atom stereocenters. The number of amides is 1. The van der Waals surface area contributed by atoms with Gasteiger partial charge in [0.25, 0.3) is 11.7 Å². The van der Waals surface area contributed by atoms with Crippen LogP contribution in [0.4, 0.5) is 10.1 Å². The number of carbonyl (C=O) groups is 2. The van der Waals surface area contributed by atoms with Crippen LogP contribution < -0.4 is 4.90 Å². The predicted octanol–water partition coefficient (Wildman–Crippen LogP) is 3.26. The van der Waals surface area contributed by atoms with E-state index < -0.39 is 17.5 Å². The van der Waals surface area contributed by atoms with Gasteiger partial charge in [0.2, 0.25) is 0 Å². The summed E-state index contributed by atoms with van der Waals surface area (Å²) in [6.07, 6.45) is 0. The molecule has 0 radical (unpaired) electrons. The van der Waals surface area contributed by atoms with Crippen molar-refractivity contribution in [3.05, 3.63) is 57.6 Å². The van der Waals surface area contributed by atoms with E-state index >= 15 is 0 Å². The smallest absolute Gasteiger partial charge is 0.297 e. The van der Waals surface area contributed by atoms with Gasteiger partial charge in [0.15, 0.2) is 0 Å². The Morgan fingerprint density at radius 2 is 1.90 bits per heavy atom. The lowest BCUT2D eigenvalue weighted by atomic mass is 10.1. The molecule has 3 rings (SSSR count). The zero-order chi connectivity index (χ0) is 15.1. The number of para-hydroxylation sites is 1. The maximum Gasteiger partial charge on any atom is 0.299 e. The molecule has 21 heavy (non-hydrogen) atoms. The second-order valence-electron chi connectivity index (χ2n) is 4.44. The van der Waals surface area contributed by atoms with Crippen molar-refractivity contribution in [3.8, 4) is 0 Å². The minimum absolute atomic E-state index is 0.0292. The van der Waals surface area contributed by atoms with Gasteiger partial charge in [-0.2, -0.15) is 0 Å². The van der Waals surface area contributed by atoms with E-state index in [0.717, 1.165) is 4.90 Å². The summed E-state index contributed by atoms with van der Waals surface area (Å²) >= 11 is 11.6. The van der Waals surface area contributed by atoms with Crippen molar-refractivity contribution in [2.24, 2.45) is 0 Å². The molecule has 0 N–H and O–H groups in total. The van der Waals surface area contributed by atoms with E-state index in [1.807, 2.05) is 0 Å². The minimum atomic E-state index is -0.791. The number of halogens is 3. The molecule has 1 aliphatic heterocycles. The van der Waals surface area contributed by atoms with Crippen LogP contribution in [-0.4, -0.2) is 16.7 Å². The second kappa shape index (κ2) is 5.09. The minimum Gasteiger partial charge on any atom is -0.297 e. The number of fused-ring (bicyclic) bond motifs is 1. The molecule has 1 aromatic carbocycles. The predicted molar refractivity (Wildman–Crippen MR) is 76.2 cm³/mol. The van der Waals surface area contributed by atoms with Crippen molar-refractivity contribution in [2.75, 3.05) is 4.90 Å². The highest BCUT2D eigenvalue weighted by molar-refractivity contribution is 6.52. The largest absolute Gasteiger partial charge is 0.299 e. The number of pyridine rings is 1. The molecule has 0 aliphatic carbocycles. The number of nitrogens with zero attached hydrogens (tertiary/aromatic N) is 2. The van der Waals surface area contributed by atoms with Crippen molar-refractivity contribution in [1.82, 2.24) is 4.98 Å². The Hall–Kier alpha value is -1.98. The van der Waals surface area contributed by atoms with E-state index in [0.29, 0.717) is 5.56 Å². The fourth-order valence-corrected chi connectivity index (χ4v) is 2.60. The highest BCUT2D eigenvalue weighted by Crippen LogP contribution is 2.33. The van der Waals surface area contributed by atoms with Gasteiger partial charge in [-0.3, -0.25) is 14.5 Å². The molecule has 4 nitrogen and oxygen atoms in total. The van der Waals surface area contributed by atoms with Gasteiger partial charge in [-0.05, 0) is 18.2 Å². The lowest BCUT2D eigenvalue weighted by molar-refractivity contribution is -0.114. The van der Waals surface area contributed by atoms with Crippen LogP contribution in [0.2, 0.25) is 10.3 Å². The third kappa shape index (κ3) is 2.28. The monoisotopic (exact) mass is 324 g/mol. The Kier molecular flexibility index (Phi) is 3.39. The molecule has 1 amide bonds. The number of hydrogen-bond donors (Lipinski definition) is 0. The Morgan fingerprint density at radius 3 is 2.62 bits per heavy atom. The highest BCUT2D eigenvalue weighted by Gasteiger charge is 2.38. The van der Waals surface area contributed by atoms with Gasteiger partial charge in [0.1, 0.15) is 16.1 Å². The Morgan fingerprint density at radius 1 is 1.14 bits per heavy atom. The van der Waals surface area contributed by atoms with Crippen LogP contribution in [0.25, 0.3) is 0 Å². The lowest BCUT2D eigenvalue weighted by Crippen LogP contribution is -2.29. The van der Waals surface area contributed by atoms with E-state index in [1.54, 1.807) is 6.07 Å². The molecule has 2 heterocycles. The molecule has 0 bridgehead atoms. The second-order valence-corrected chi connectivity index (χ2v) is 5.19. The lowest BCUT2D eigenvalue weighted by Gasteiger charge is -2.17. The number of Topliss-reactive ketones (excluding diaryl/α,β-unsaturated/α-hetero) is 1. The SMILES string of the molecule is O=C1C(=O)N(Cc2ccc(Cl)nc2Cl)c2c(F)cccc21. The summed E-state index contributed by atoms with van der Waals surface area (Å²) < 4.78 is 13.9. The molecular formula is C14H7Cl2FN2O2. The average Bonchev–Trinajstić information content (AvgIpc) is 2.68. The first-order valence-corrected chi connectivity index (χ1v) is 6.70. The summed E-state index contributed by atoms with van der Waals surface area (Å²) in [5, 5.41) is 0.312. The first-order chi connectivity index (χ1) is 9.99. The summed E-state index contributed by atoms with van der Waals surface area (Å²) in [6, 6.07) is 7.08. The number of aromatic nitrogens is 1. The Bertz CT molecular complexity index is 780. The van der Waals surface area contributed by atoms with Crippen molar-refractivity contribution in [1.29, 1.82) is 0 Å². The van der Waals surface area contributed by atoms with Crippen LogP contribution in [0.5, 0.6) is 0 Å². The van der Waals surface area contributed by atoms with Crippen LogP contribution in [0.3, 0.4) is 0 Å². The summed E-state index contributed by atoms with van der Waals surface area (Å²) in [5.74, 6) is -2.16. The van der Waals surface area contributed by atoms with Gasteiger partial charge in [-0.1, -0.05) is 35.3 Å². The number of hydrogen-bond acceptors (Lipinski definition) is 3. The fraction of sp³-hybridized carbons (Fsp3) is 0.0714. The first kappa shape index (κ1) is 14.0. The molecule has 0 fully saturated rings. The molecule has 0 saturated carbocycles.